The first-order valence-electron chi connectivity index (χ1n) is 24.7. The number of nitrogens with one attached hydrogen (secondary N) is 1. The summed E-state index contributed by atoms with van der Waals surface area (Å²) in [5.41, 5.74) is 0. The number of aliphatic hydroxyl groups excluding tert-OH is 4. The fourth-order valence-electron chi connectivity index (χ4n) is 7.86. The van der Waals surface area contributed by atoms with E-state index < -0.39 is 59.9 Å². The Balaban J connectivity index is 2.45. The third kappa shape index (κ3) is 32.0. The van der Waals surface area contributed by atoms with Gasteiger partial charge in [-0.3, -0.25) is 9.35 Å². The highest BCUT2D eigenvalue weighted by molar-refractivity contribution is 7.80. The van der Waals surface area contributed by atoms with Crippen LogP contribution in [0, 0.1) is 0 Å². The lowest BCUT2D eigenvalue weighted by Gasteiger charge is -2.41. The fourth-order valence-corrected chi connectivity index (χ4v) is 8.37. The number of rotatable bonds is 42. The van der Waals surface area contributed by atoms with E-state index in [2.05, 4.69) is 35.5 Å². The Morgan fingerprint density at radius 2 is 1.05 bits per heavy atom. The fraction of sp³-hybridized carbons (Fsp3) is 0.896. The minimum absolute atomic E-state index is 0.264. The van der Waals surface area contributed by atoms with E-state index in [-0.39, 0.29) is 18.9 Å². The van der Waals surface area contributed by atoms with Gasteiger partial charge in [0.25, 0.3) is 0 Å². The van der Waals surface area contributed by atoms with Gasteiger partial charge in [0, 0.05) is 6.42 Å². The molecule has 1 fully saturated rings. The van der Waals surface area contributed by atoms with E-state index in [0.29, 0.717) is 6.42 Å². The average molecular weight is 890 g/mol. The summed E-state index contributed by atoms with van der Waals surface area (Å²) in [5.74, 6) is -0.264. The molecule has 1 saturated heterocycles. The predicted octanol–water partition coefficient (Wildman–Crippen LogP) is 10.1. The topological polar surface area (TPSA) is 192 Å². The maximum absolute atomic E-state index is 13.0. The van der Waals surface area contributed by atoms with Crippen LogP contribution in [0.2, 0.25) is 0 Å². The van der Waals surface area contributed by atoms with Crippen molar-refractivity contribution in [2.24, 2.45) is 0 Å². The van der Waals surface area contributed by atoms with Gasteiger partial charge in [-0.05, 0) is 44.9 Å². The molecule has 0 spiro atoms. The summed E-state index contributed by atoms with van der Waals surface area (Å²) in [6, 6.07) is -0.942. The van der Waals surface area contributed by atoms with Crippen LogP contribution in [0.5, 0.6) is 0 Å². The molecule has 0 bridgehead atoms. The molecule has 0 aromatic rings. The van der Waals surface area contributed by atoms with E-state index in [0.717, 1.165) is 38.5 Å². The van der Waals surface area contributed by atoms with Crippen molar-refractivity contribution in [1.29, 1.82) is 0 Å². The molecule has 1 rings (SSSR count). The predicted molar refractivity (Wildman–Crippen MR) is 245 cm³/mol. The molecule has 0 radical (unpaired) electrons. The SMILES string of the molecule is CCCCCCCCCC/C=C\CCCCCCCCCCCC(=O)N[C@@H](CO[C@H]1O[C@@H](CO)[C@@H](O)[C@@H](OS(=O)(=O)O)[C@@H]1O)[C@H](O)/C=C/CCCCCCCCCCCCC. The molecule has 0 aromatic heterocycles. The van der Waals surface area contributed by atoms with Crippen LogP contribution in [0.15, 0.2) is 24.3 Å². The Morgan fingerprint density at radius 1 is 0.639 bits per heavy atom. The normalized spacial score (nSPS) is 20.8. The van der Waals surface area contributed by atoms with Crippen molar-refractivity contribution in [3.05, 3.63) is 24.3 Å². The third-order valence-corrected chi connectivity index (χ3v) is 12.2. The molecule has 360 valence electrons. The lowest BCUT2D eigenvalue weighted by molar-refractivity contribution is -0.298. The molecule has 1 heterocycles. The molecule has 1 aliphatic heterocycles. The molecule has 61 heavy (non-hydrogen) atoms. The zero-order valence-electron chi connectivity index (χ0n) is 38.5. The molecule has 12 nitrogen and oxygen atoms in total. The summed E-state index contributed by atoms with van der Waals surface area (Å²) in [7, 11) is -5.08. The van der Waals surface area contributed by atoms with Crippen molar-refractivity contribution >= 4 is 16.3 Å². The Morgan fingerprint density at radius 3 is 1.48 bits per heavy atom. The van der Waals surface area contributed by atoms with Crippen molar-refractivity contribution < 1.29 is 51.8 Å². The lowest BCUT2D eigenvalue weighted by Crippen LogP contribution is -2.61. The van der Waals surface area contributed by atoms with Crippen LogP contribution < -0.4 is 5.32 Å². The minimum Gasteiger partial charge on any atom is -0.394 e. The Labute approximate surface area is 372 Å². The summed E-state index contributed by atoms with van der Waals surface area (Å²) in [6.07, 6.45) is 36.4. The van der Waals surface area contributed by atoms with E-state index >= 15 is 0 Å². The standard InChI is InChI=1S/C48H91NO11S/c1-3-5-7-9-11-13-15-17-18-19-20-21-22-23-24-26-28-30-32-34-36-38-44(52)49-41(42(51)37-35-33-31-29-27-25-16-14-12-10-8-6-4-2)40-58-48-46(54)47(60-61(55,56)57)45(53)43(39-50)59-48/h19-20,35,37,41-43,45-48,50-51,53-54H,3-18,21-34,36,38-40H2,1-2H3,(H,49,52)(H,55,56,57)/b20-19-,37-35+/t41-,42+,43-,45+,46-,47+,48-/m0/s1. The number of ether oxygens (including phenoxy) is 2. The van der Waals surface area contributed by atoms with Crippen LogP contribution in [0.1, 0.15) is 219 Å². The molecule has 1 amide bonds. The minimum atomic E-state index is -5.08. The highest BCUT2D eigenvalue weighted by Crippen LogP contribution is 2.26. The first-order valence-corrected chi connectivity index (χ1v) is 26.1. The number of carbonyl (C=O) groups excluding carboxylic acids is 1. The third-order valence-electron chi connectivity index (χ3n) is 11.7. The van der Waals surface area contributed by atoms with E-state index in [1.54, 1.807) is 6.08 Å². The molecule has 0 aromatic carbocycles. The molecule has 0 saturated carbocycles. The van der Waals surface area contributed by atoms with E-state index in [9.17, 15) is 38.2 Å². The van der Waals surface area contributed by atoms with Crippen molar-refractivity contribution in [3.8, 4) is 0 Å². The number of hydrogen-bond donors (Lipinski definition) is 6. The largest absolute Gasteiger partial charge is 0.397 e. The van der Waals surface area contributed by atoms with Gasteiger partial charge in [0.2, 0.25) is 5.91 Å². The second-order valence-electron chi connectivity index (χ2n) is 17.4. The quantitative estimate of drug-likeness (QED) is 0.0194. The van der Waals surface area contributed by atoms with Gasteiger partial charge in [0.05, 0.1) is 25.4 Å². The number of aliphatic hydroxyl groups is 4. The van der Waals surface area contributed by atoms with Crippen molar-refractivity contribution in [2.45, 2.75) is 262 Å². The van der Waals surface area contributed by atoms with Crippen LogP contribution in [0.25, 0.3) is 0 Å². The van der Waals surface area contributed by atoms with Gasteiger partial charge in [-0.15, -0.1) is 0 Å². The second kappa shape index (κ2) is 39.0. The van der Waals surface area contributed by atoms with Crippen molar-refractivity contribution in [1.82, 2.24) is 5.32 Å². The van der Waals surface area contributed by atoms with Crippen LogP contribution >= 0.6 is 0 Å². The van der Waals surface area contributed by atoms with Crippen LogP contribution in [-0.4, -0.2) is 95.4 Å². The molecule has 0 aliphatic carbocycles. The number of allylic oxidation sites excluding steroid dienone is 3. The highest BCUT2D eigenvalue weighted by Gasteiger charge is 2.48. The summed E-state index contributed by atoms with van der Waals surface area (Å²) in [4.78, 5) is 13.0. The van der Waals surface area contributed by atoms with Crippen LogP contribution in [0.3, 0.4) is 0 Å². The average Bonchev–Trinajstić information content (AvgIpc) is 3.23. The summed E-state index contributed by atoms with van der Waals surface area (Å²) in [5, 5.41) is 44.7. The van der Waals surface area contributed by atoms with Crippen LogP contribution in [0.4, 0.5) is 0 Å². The molecule has 13 heteroatoms. The van der Waals surface area contributed by atoms with Gasteiger partial charge >= 0.3 is 10.4 Å². The molecular formula is C48H91NO11S. The van der Waals surface area contributed by atoms with Crippen molar-refractivity contribution in [3.63, 3.8) is 0 Å². The molecule has 0 unspecified atom stereocenters. The summed E-state index contributed by atoms with van der Waals surface area (Å²) < 4.78 is 47.6. The first-order chi connectivity index (χ1) is 29.5. The van der Waals surface area contributed by atoms with E-state index in [1.165, 1.54) is 154 Å². The molecular weight excluding hydrogens is 799 g/mol. The number of amides is 1. The Bertz CT molecular complexity index is 1190. The van der Waals surface area contributed by atoms with Gasteiger partial charge in [-0.25, -0.2) is 4.18 Å². The van der Waals surface area contributed by atoms with Crippen molar-refractivity contribution in [2.75, 3.05) is 13.2 Å². The van der Waals surface area contributed by atoms with Crippen LogP contribution in [-0.2, 0) is 28.9 Å². The Hall–Kier alpha value is -1.42. The smallest absolute Gasteiger partial charge is 0.394 e. The van der Waals surface area contributed by atoms with Gasteiger partial charge in [-0.1, -0.05) is 192 Å². The first kappa shape index (κ1) is 57.6. The number of carbonyl (C=O) groups is 1. The molecule has 1 aliphatic rings. The second-order valence-corrected chi connectivity index (χ2v) is 18.4. The maximum atomic E-state index is 13.0. The summed E-state index contributed by atoms with van der Waals surface area (Å²) >= 11 is 0. The summed E-state index contributed by atoms with van der Waals surface area (Å²) in [6.45, 7) is 3.39. The molecule has 6 N–H and O–H groups in total. The zero-order chi connectivity index (χ0) is 44.8. The van der Waals surface area contributed by atoms with Gasteiger partial charge in [0.1, 0.15) is 24.4 Å². The number of hydrogen-bond acceptors (Lipinski definition) is 10. The van der Waals surface area contributed by atoms with Gasteiger partial charge in [-0.2, -0.15) is 8.42 Å². The van der Waals surface area contributed by atoms with Gasteiger partial charge < -0.3 is 35.2 Å². The van der Waals surface area contributed by atoms with E-state index in [4.69, 9.17) is 9.47 Å². The zero-order valence-corrected chi connectivity index (χ0v) is 39.3. The monoisotopic (exact) mass is 890 g/mol. The number of unbranched alkanes of at least 4 members (excludes halogenated alkanes) is 28. The van der Waals surface area contributed by atoms with Gasteiger partial charge in [0.15, 0.2) is 6.29 Å². The molecule has 7 atom stereocenters. The Kier molecular flexibility index (Phi) is 36.8. The van der Waals surface area contributed by atoms with E-state index in [1.807, 2.05) is 6.08 Å². The lowest BCUT2D eigenvalue weighted by atomic mass is 9.99. The maximum Gasteiger partial charge on any atom is 0.397 e. The highest BCUT2D eigenvalue weighted by atomic mass is 32.3.